The number of hydrogen-bond donors (Lipinski definition) is 0. The van der Waals surface area contributed by atoms with E-state index in [1.54, 1.807) is 15.9 Å². The summed E-state index contributed by atoms with van der Waals surface area (Å²) in [6.45, 7) is 0.413. The fourth-order valence-electron chi connectivity index (χ4n) is 2.68. The maximum atomic E-state index is 5.92. The summed E-state index contributed by atoms with van der Waals surface area (Å²) in [6, 6.07) is 18.4. The van der Waals surface area contributed by atoms with Crippen LogP contribution in [0.25, 0.3) is 26.4 Å². The zero-order valence-corrected chi connectivity index (χ0v) is 14.6. The molecule has 0 aliphatic rings. The third kappa shape index (κ3) is 2.67. The molecule has 25 heavy (non-hydrogen) atoms. The van der Waals surface area contributed by atoms with E-state index in [-0.39, 0.29) is 0 Å². The van der Waals surface area contributed by atoms with Crippen molar-refractivity contribution in [2.45, 2.75) is 6.61 Å². The molecule has 0 atom stereocenters. The van der Waals surface area contributed by atoms with E-state index in [0.29, 0.717) is 6.61 Å². The Morgan fingerprint density at radius 1 is 0.960 bits per heavy atom. The molecule has 5 rings (SSSR count). The van der Waals surface area contributed by atoms with Gasteiger partial charge in [-0.05, 0) is 34.4 Å². The molecule has 7 heteroatoms. The van der Waals surface area contributed by atoms with Crippen LogP contribution in [0.15, 0.2) is 60.0 Å². The van der Waals surface area contributed by atoms with Gasteiger partial charge in [0.25, 0.3) is 0 Å². The van der Waals surface area contributed by atoms with Crippen molar-refractivity contribution >= 4 is 38.4 Å². The molecule has 122 valence electrons. The second-order valence-electron chi connectivity index (χ2n) is 5.49. The Hall–Kier alpha value is -2.77. The molecule has 0 aliphatic carbocycles. The molecule has 0 saturated heterocycles. The van der Waals surface area contributed by atoms with Crippen molar-refractivity contribution in [2.75, 3.05) is 0 Å². The summed E-state index contributed by atoms with van der Waals surface area (Å²) in [5.41, 5.74) is 0. The minimum Gasteiger partial charge on any atom is -0.486 e. The molecule has 0 saturated carbocycles. The van der Waals surface area contributed by atoms with Gasteiger partial charge in [0.15, 0.2) is 10.8 Å². The standard InChI is InChI=1S/C18H12N4OS2/c1-2-5-13-10-14(8-7-12(13)4-1)23-11-16-21-22-17(15-6-3-9-24-15)19-20-18(22)25-16/h1-10H,11H2. The molecule has 5 nitrogen and oxygen atoms in total. The highest BCUT2D eigenvalue weighted by atomic mass is 32.1. The summed E-state index contributed by atoms with van der Waals surface area (Å²) in [5, 5.41) is 18.3. The van der Waals surface area contributed by atoms with Crippen molar-refractivity contribution < 1.29 is 4.74 Å². The molecule has 0 bridgehead atoms. The van der Waals surface area contributed by atoms with Crippen LogP contribution in [0.3, 0.4) is 0 Å². The van der Waals surface area contributed by atoms with E-state index in [0.717, 1.165) is 31.8 Å². The predicted octanol–water partition coefficient (Wildman–Crippen LogP) is 4.65. The van der Waals surface area contributed by atoms with Crippen LogP contribution in [0.2, 0.25) is 0 Å². The second kappa shape index (κ2) is 5.94. The average Bonchev–Trinajstić information content (AvgIpc) is 3.36. The van der Waals surface area contributed by atoms with Crippen molar-refractivity contribution in [3.8, 4) is 16.5 Å². The predicted molar refractivity (Wildman–Crippen MR) is 100 cm³/mol. The van der Waals surface area contributed by atoms with Crippen LogP contribution in [0.5, 0.6) is 5.75 Å². The van der Waals surface area contributed by atoms with Crippen molar-refractivity contribution in [3.05, 3.63) is 65.0 Å². The van der Waals surface area contributed by atoms with Gasteiger partial charge in [-0.2, -0.15) is 9.61 Å². The van der Waals surface area contributed by atoms with E-state index in [1.165, 1.54) is 16.7 Å². The Kier molecular flexibility index (Phi) is 3.46. The summed E-state index contributed by atoms with van der Waals surface area (Å²) in [4.78, 5) is 1.83. The van der Waals surface area contributed by atoms with Crippen LogP contribution in [-0.4, -0.2) is 19.8 Å². The first kappa shape index (κ1) is 14.6. The first-order valence-electron chi connectivity index (χ1n) is 7.73. The van der Waals surface area contributed by atoms with Gasteiger partial charge in [-0.3, -0.25) is 0 Å². The van der Waals surface area contributed by atoms with Gasteiger partial charge in [0.2, 0.25) is 4.96 Å². The number of rotatable bonds is 4. The summed E-state index contributed by atoms with van der Waals surface area (Å²) >= 11 is 3.12. The van der Waals surface area contributed by atoms with Gasteiger partial charge in [-0.15, -0.1) is 21.5 Å². The molecule has 0 radical (unpaired) electrons. The highest BCUT2D eigenvalue weighted by molar-refractivity contribution is 7.16. The van der Waals surface area contributed by atoms with Crippen LogP contribution >= 0.6 is 22.7 Å². The smallest absolute Gasteiger partial charge is 0.235 e. The molecule has 0 amide bonds. The van der Waals surface area contributed by atoms with Crippen molar-refractivity contribution in [1.29, 1.82) is 0 Å². The van der Waals surface area contributed by atoms with Crippen LogP contribution in [0.4, 0.5) is 0 Å². The van der Waals surface area contributed by atoms with Gasteiger partial charge < -0.3 is 4.74 Å². The Labute approximate surface area is 151 Å². The molecule has 5 aromatic rings. The molecule has 2 aromatic carbocycles. The Balaban J connectivity index is 1.40. The second-order valence-corrected chi connectivity index (χ2v) is 7.48. The molecule has 0 N–H and O–H groups in total. The van der Waals surface area contributed by atoms with Gasteiger partial charge in [0, 0.05) is 0 Å². The summed E-state index contributed by atoms with van der Waals surface area (Å²) in [7, 11) is 0. The third-order valence-electron chi connectivity index (χ3n) is 3.86. The maximum Gasteiger partial charge on any atom is 0.235 e. The van der Waals surface area contributed by atoms with Crippen molar-refractivity contribution in [1.82, 2.24) is 19.8 Å². The number of fused-ring (bicyclic) bond motifs is 2. The van der Waals surface area contributed by atoms with E-state index in [4.69, 9.17) is 4.74 Å². The molecule has 0 unspecified atom stereocenters. The van der Waals surface area contributed by atoms with Gasteiger partial charge in [0.05, 0.1) is 4.88 Å². The van der Waals surface area contributed by atoms with E-state index < -0.39 is 0 Å². The van der Waals surface area contributed by atoms with E-state index in [1.807, 2.05) is 41.8 Å². The summed E-state index contributed by atoms with van der Waals surface area (Å²) in [6.07, 6.45) is 0. The monoisotopic (exact) mass is 364 g/mol. The fraction of sp³-hybridized carbons (Fsp3) is 0.0556. The average molecular weight is 364 g/mol. The van der Waals surface area contributed by atoms with E-state index in [2.05, 4.69) is 33.5 Å². The molecule has 3 aromatic heterocycles. The molecule has 0 spiro atoms. The van der Waals surface area contributed by atoms with Crippen molar-refractivity contribution in [2.24, 2.45) is 0 Å². The van der Waals surface area contributed by atoms with Gasteiger partial charge >= 0.3 is 0 Å². The summed E-state index contributed by atoms with van der Waals surface area (Å²) in [5.74, 6) is 1.61. The minimum absolute atomic E-state index is 0.413. The van der Waals surface area contributed by atoms with Crippen LogP contribution < -0.4 is 4.74 Å². The van der Waals surface area contributed by atoms with Gasteiger partial charge in [0.1, 0.15) is 12.4 Å². The molecule has 3 heterocycles. The first-order valence-corrected chi connectivity index (χ1v) is 9.43. The fourth-order valence-corrected chi connectivity index (χ4v) is 4.12. The van der Waals surface area contributed by atoms with E-state index in [9.17, 15) is 0 Å². The number of benzene rings is 2. The van der Waals surface area contributed by atoms with Crippen LogP contribution in [0.1, 0.15) is 5.01 Å². The maximum absolute atomic E-state index is 5.92. The normalized spacial score (nSPS) is 11.4. The lowest BCUT2D eigenvalue weighted by Gasteiger charge is -2.05. The van der Waals surface area contributed by atoms with Crippen molar-refractivity contribution in [3.63, 3.8) is 0 Å². The molecule has 0 fully saturated rings. The van der Waals surface area contributed by atoms with Crippen LogP contribution in [0, 0.1) is 0 Å². The highest BCUT2D eigenvalue weighted by Gasteiger charge is 2.14. The highest BCUT2D eigenvalue weighted by Crippen LogP contribution is 2.26. The molecular weight excluding hydrogens is 352 g/mol. The molecule has 0 aliphatic heterocycles. The van der Waals surface area contributed by atoms with Crippen LogP contribution in [-0.2, 0) is 6.61 Å². The topological polar surface area (TPSA) is 52.3 Å². The Bertz CT molecular complexity index is 1160. The number of nitrogens with zero attached hydrogens (tertiary/aromatic N) is 4. The lowest BCUT2D eigenvalue weighted by atomic mass is 10.1. The SMILES string of the molecule is c1csc(-c2nnc3sc(COc4ccc5ccccc5c4)nn23)c1. The lowest BCUT2D eigenvalue weighted by molar-refractivity contribution is 0.304. The minimum atomic E-state index is 0.413. The zero-order valence-electron chi connectivity index (χ0n) is 13.0. The number of thiophene rings is 1. The lowest BCUT2D eigenvalue weighted by Crippen LogP contribution is -1.97. The van der Waals surface area contributed by atoms with Gasteiger partial charge in [-0.25, -0.2) is 0 Å². The number of hydrogen-bond acceptors (Lipinski definition) is 6. The third-order valence-corrected chi connectivity index (χ3v) is 5.60. The zero-order chi connectivity index (χ0) is 16.6. The quantitative estimate of drug-likeness (QED) is 0.466. The molecular formula is C18H12N4OS2. The Morgan fingerprint density at radius 2 is 1.88 bits per heavy atom. The largest absolute Gasteiger partial charge is 0.486 e. The van der Waals surface area contributed by atoms with Gasteiger partial charge in [-0.1, -0.05) is 47.7 Å². The number of ether oxygens (including phenoxy) is 1. The Morgan fingerprint density at radius 3 is 2.76 bits per heavy atom. The van der Waals surface area contributed by atoms with E-state index >= 15 is 0 Å². The summed E-state index contributed by atoms with van der Waals surface area (Å²) < 4.78 is 7.71. The first-order chi connectivity index (χ1) is 12.4. The number of aromatic nitrogens is 4.